The van der Waals surface area contributed by atoms with Crippen LogP contribution in [0.1, 0.15) is 6.42 Å². The molecule has 1 amide bonds. The third-order valence-electron chi connectivity index (χ3n) is 3.75. The number of thioether (sulfide) groups is 1. The van der Waals surface area contributed by atoms with Crippen molar-refractivity contribution in [1.29, 1.82) is 0 Å². The summed E-state index contributed by atoms with van der Waals surface area (Å²) in [5.41, 5.74) is 0.807. The van der Waals surface area contributed by atoms with E-state index in [1.165, 1.54) is 0 Å². The summed E-state index contributed by atoms with van der Waals surface area (Å²) in [6.07, 6.45) is 2.61. The second-order valence-electron chi connectivity index (χ2n) is 5.37. The fraction of sp³-hybridized carbons (Fsp3) is 0.500. The highest BCUT2D eigenvalue weighted by molar-refractivity contribution is 7.98. The van der Waals surface area contributed by atoms with E-state index in [0.29, 0.717) is 6.42 Å². The Hall–Kier alpha value is -1.05. The van der Waals surface area contributed by atoms with Gasteiger partial charge in [-0.15, -0.1) is 11.8 Å². The summed E-state index contributed by atoms with van der Waals surface area (Å²) in [5, 5.41) is 2.91. The maximum Gasteiger partial charge on any atom is 0.279 e. The number of amides is 1. The molecular weight excluding hydrogens is 308 g/mol. The molecule has 21 heavy (non-hydrogen) atoms. The number of benzene rings is 1. The Morgan fingerprint density at radius 1 is 1.43 bits per heavy atom. The van der Waals surface area contributed by atoms with Crippen LogP contribution in [0.3, 0.4) is 0 Å². The summed E-state index contributed by atoms with van der Waals surface area (Å²) in [4.78, 5) is 14.1. The first-order valence-corrected chi connectivity index (χ1v) is 9.91. The van der Waals surface area contributed by atoms with Crippen LogP contribution >= 0.6 is 11.8 Å². The molecule has 116 valence electrons. The molecule has 1 fully saturated rings. The molecule has 5 nitrogen and oxygen atoms in total. The number of hydrogen-bond acceptors (Lipinski definition) is 4. The highest BCUT2D eigenvalue weighted by atomic mass is 32.2. The van der Waals surface area contributed by atoms with Gasteiger partial charge in [0.15, 0.2) is 16.4 Å². The molecule has 0 aliphatic carbocycles. The molecule has 2 rings (SSSR count). The predicted molar refractivity (Wildman–Crippen MR) is 85.7 cm³/mol. The lowest BCUT2D eigenvalue weighted by molar-refractivity contribution is -0.894. The number of likely N-dealkylation sites (N-methyl/N-ethyl adjacent to an activating group) is 1. The lowest BCUT2D eigenvalue weighted by atomic mass is 10.2. The molecular formula is C14H21N2O3S2+. The lowest BCUT2D eigenvalue weighted by Gasteiger charge is -2.19. The Labute approximate surface area is 130 Å². The van der Waals surface area contributed by atoms with Gasteiger partial charge in [0.05, 0.1) is 18.5 Å². The minimum Gasteiger partial charge on any atom is -0.326 e. The van der Waals surface area contributed by atoms with Crippen molar-refractivity contribution in [2.45, 2.75) is 17.4 Å². The Morgan fingerprint density at radius 2 is 2.14 bits per heavy atom. The molecule has 2 atom stereocenters. The zero-order valence-corrected chi connectivity index (χ0v) is 13.9. The number of rotatable bonds is 5. The minimum atomic E-state index is -2.90. The predicted octanol–water partition coefficient (Wildman–Crippen LogP) is 0.0488. The van der Waals surface area contributed by atoms with Crippen LogP contribution < -0.4 is 10.2 Å². The van der Waals surface area contributed by atoms with E-state index >= 15 is 0 Å². The number of sulfone groups is 1. The fourth-order valence-corrected chi connectivity index (χ4v) is 4.95. The van der Waals surface area contributed by atoms with Crippen LogP contribution in [0.25, 0.3) is 0 Å². The van der Waals surface area contributed by atoms with Crippen molar-refractivity contribution in [2.24, 2.45) is 0 Å². The topological polar surface area (TPSA) is 67.7 Å². The van der Waals surface area contributed by atoms with Crippen LogP contribution in [0.4, 0.5) is 5.69 Å². The van der Waals surface area contributed by atoms with Crippen LogP contribution in [0.5, 0.6) is 0 Å². The van der Waals surface area contributed by atoms with E-state index in [-0.39, 0.29) is 30.0 Å². The largest absolute Gasteiger partial charge is 0.326 e. The van der Waals surface area contributed by atoms with Crippen molar-refractivity contribution in [3.8, 4) is 0 Å². The number of para-hydroxylation sites is 1. The molecule has 1 aliphatic heterocycles. The molecule has 0 bridgehead atoms. The molecule has 0 spiro atoms. The highest BCUT2D eigenvalue weighted by Gasteiger charge is 2.34. The van der Waals surface area contributed by atoms with Crippen LogP contribution in [-0.2, 0) is 14.6 Å². The van der Waals surface area contributed by atoms with Crippen LogP contribution in [0.2, 0.25) is 0 Å². The van der Waals surface area contributed by atoms with E-state index in [4.69, 9.17) is 0 Å². The number of anilines is 1. The molecule has 0 aromatic heterocycles. The highest BCUT2D eigenvalue weighted by Crippen LogP contribution is 2.24. The van der Waals surface area contributed by atoms with Crippen molar-refractivity contribution in [3.05, 3.63) is 24.3 Å². The average molecular weight is 329 g/mol. The van der Waals surface area contributed by atoms with Crippen molar-refractivity contribution in [2.75, 3.05) is 36.7 Å². The summed E-state index contributed by atoms with van der Waals surface area (Å²) in [5.74, 6) is 0.345. The zero-order valence-electron chi connectivity index (χ0n) is 12.3. The van der Waals surface area contributed by atoms with Gasteiger partial charge in [-0.3, -0.25) is 4.79 Å². The van der Waals surface area contributed by atoms with E-state index in [2.05, 4.69) is 5.32 Å². The molecule has 0 radical (unpaired) electrons. The maximum absolute atomic E-state index is 12.1. The van der Waals surface area contributed by atoms with Gasteiger partial charge < -0.3 is 10.2 Å². The third kappa shape index (κ3) is 4.46. The number of nitrogens with one attached hydrogen (secondary N) is 2. The zero-order chi connectivity index (χ0) is 15.5. The van der Waals surface area contributed by atoms with Gasteiger partial charge in [0, 0.05) is 11.3 Å². The van der Waals surface area contributed by atoms with E-state index in [1.54, 1.807) is 11.8 Å². The average Bonchev–Trinajstić information content (AvgIpc) is 2.79. The molecule has 1 aromatic carbocycles. The van der Waals surface area contributed by atoms with Gasteiger partial charge in [-0.05, 0) is 18.4 Å². The normalized spacial score (nSPS) is 21.9. The summed E-state index contributed by atoms with van der Waals surface area (Å²) in [7, 11) is -1.02. The van der Waals surface area contributed by atoms with Gasteiger partial charge in [0.2, 0.25) is 0 Å². The standard InChI is InChI=1S/C14H20N2O3S2/c1-16(11-7-8-21(18,19)10-11)9-14(17)15-12-5-3-4-6-13(12)20-2/h3-6,11H,7-10H2,1-2H3,(H,15,17)/p+1/t11-/m0/s1. The van der Waals surface area contributed by atoms with E-state index in [1.807, 2.05) is 37.6 Å². The van der Waals surface area contributed by atoms with Gasteiger partial charge in [-0.1, -0.05) is 12.1 Å². The van der Waals surface area contributed by atoms with Gasteiger partial charge in [0.25, 0.3) is 5.91 Å². The monoisotopic (exact) mass is 329 g/mol. The molecule has 1 saturated heterocycles. The summed E-state index contributed by atoms with van der Waals surface area (Å²) < 4.78 is 23.0. The first-order valence-electron chi connectivity index (χ1n) is 6.87. The van der Waals surface area contributed by atoms with Crippen molar-refractivity contribution < 1.29 is 18.1 Å². The second-order valence-corrected chi connectivity index (χ2v) is 8.45. The van der Waals surface area contributed by atoms with E-state index in [0.717, 1.165) is 15.5 Å². The first-order chi connectivity index (χ1) is 9.91. The van der Waals surface area contributed by atoms with Crippen molar-refractivity contribution in [3.63, 3.8) is 0 Å². The molecule has 0 saturated carbocycles. The van der Waals surface area contributed by atoms with Gasteiger partial charge in [-0.25, -0.2) is 8.42 Å². The van der Waals surface area contributed by atoms with Gasteiger partial charge >= 0.3 is 0 Å². The summed E-state index contributed by atoms with van der Waals surface area (Å²) in [6, 6.07) is 7.67. The maximum atomic E-state index is 12.1. The SMILES string of the molecule is CSc1ccccc1NC(=O)C[NH+](C)[C@H]1CCS(=O)(=O)C1. The number of quaternary nitrogens is 1. The Balaban J connectivity index is 1.93. The van der Waals surface area contributed by atoms with Crippen LogP contribution in [0, 0.1) is 0 Å². The first kappa shape index (κ1) is 16.3. The number of carbonyl (C=O) groups is 1. The van der Waals surface area contributed by atoms with E-state index < -0.39 is 9.84 Å². The summed E-state index contributed by atoms with van der Waals surface area (Å²) >= 11 is 1.58. The molecule has 1 unspecified atom stereocenters. The van der Waals surface area contributed by atoms with Crippen LogP contribution in [0.15, 0.2) is 29.2 Å². The quantitative estimate of drug-likeness (QED) is 0.749. The third-order valence-corrected chi connectivity index (χ3v) is 6.31. The molecule has 1 aromatic rings. The number of hydrogen-bond donors (Lipinski definition) is 2. The number of carbonyl (C=O) groups excluding carboxylic acids is 1. The van der Waals surface area contributed by atoms with Crippen molar-refractivity contribution >= 4 is 33.2 Å². The Morgan fingerprint density at radius 3 is 2.76 bits per heavy atom. The molecule has 1 heterocycles. The minimum absolute atomic E-state index is 0.0246. The Bertz CT molecular complexity index is 616. The summed E-state index contributed by atoms with van der Waals surface area (Å²) in [6.45, 7) is 0.281. The molecule has 7 heteroatoms. The molecule has 1 aliphatic rings. The van der Waals surface area contributed by atoms with Gasteiger partial charge in [0.1, 0.15) is 11.8 Å². The van der Waals surface area contributed by atoms with Gasteiger partial charge in [-0.2, -0.15) is 0 Å². The Kier molecular flexibility index (Phi) is 5.29. The molecule has 2 N–H and O–H groups in total. The second kappa shape index (κ2) is 6.81. The van der Waals surface area contributed by atoms with Crippen molar-refractivity contribution in [1.82, 2.24) is 0 Å². The smallest absolute Gasteiger partial charge is 0.279 e. The van der Waals surface area contributed by atoms with Crippen LogP contribution in [-0.4, -0.2) is 51.7 Å². The van der Waals surface area contributed by atoms with E-state index in [9.17, 15) is 13.2 Å². The lowest BCUT2D eigenvalue weighted by Crippen LogP contribution is -3.14. The fourth-order valence-electron chi connectivity index (χ4n) is 2.52.